The molecule has 0 aromatic heterocycles. The number of carbonyl (C=O) groups is 1. The zero-order valence-corrected chi connectivity index (χ0v) is 19.1. The fourth-order valence-corrected chi connectivity index (χ4v) is 4.43. The van der Waals surface area contributed by atoms with Crippen molar-refractivity contribution in [3.8, 4) is 11.5 Å². The topological polar surface area (TPSA) is 84.9 Å². The molecule has 0 bridgehead atoms. The lowest BCUT2D eigenvalue weighted by Gasteiger charge is -2.23. The van der Waals surface area contributed by atoms with E-state index in [1.807, 2.05) is 13.8 Å². The van der Waals surface area contributed by atoms with Gasteiger partial charge < -0.3 is 14.8 Å². The highest BCUT2D eigenvalue weighted by Crippen LogP contribution is 2.29. The van der Waals surface area contributed by atoms with E-state index in [0.717, 1.165) is 0 Å². The van der Waals surface area contributed by atoms with Gasteiger partial charge in [-0.25, -0.2) is 8.42 Å². The predicted molar refractivity (Wildman–Crippen MR) is 118 cm³/mol. The van der Waals surface area contributed by atoms with E-state index >= 15 is 0 Å². The number of carbonyl (C=O) groups excluding carboxylic acids is 1. The molecule has 0 heterocycles. The van der Waals surface area contributed by atoms with Gasteiger partial charge in [-0.1, -0.05) is 31.5 Å². The van der Waals surface area contributed by atoms with Crippen LogP contribution in [0.25, 0.3) is 0 Å². The number of rotatable bonds is 10. The maximum atomic E-state index is 13.1. The highest BCUT2D eigenvalue weighted by Gasteiger charge is 2.27. The summed E-state index contributed by atoms with van der Waals surface area (Å²) in [6.07, 6.45) is 0.610. The molecule has 0 radical (unpaired) electrons. The second kappa shape index (κ2) is 10.7. The quantitative estimate of drug-likeness (QED) is 0.585. The van der Waals surface area contributed by atoms with E-state index in [2.05, 4.69) is 5.32 Å². The van der Waals surface area contributed by atoms with Gasteiger partial charge in [-0.15, -0.1) is 0 Å². The smallest absolute Gasteiger partial charge is 0.243 e. The molecule has 0 atom stereocenters. The molecule has 0 spiro atoms. The van der Waals surface area contributed by atoms with Crippen molar-refractivity contribution in [1.29, 1.82) is 0 Å². The summed E-state index contributed by atoms with van der Waals surface area (Å²) in [4.78, 5) is 12.8. The van der Waals surface area contributed by atoms with Crippen LogP contribution in [0.4, 0.5) is 5.69 Å². The number of hydrogen-bond acceptors (Lipinski definition) is 5. The van der Waals surface area contributed by atoms with Crippen LogP contribution in [-0.2, 0) is 14.8 Å². The summed E-state index contributed by atoms with van der Waals surface area (Å²) >= 11 is 5.97. The number of hydrogen-bond donors (Lipinski definition) is 1. The maximum Gasteiger partial charge on any atom is 0.243 e. The third-order valence-corrected chi connectivity index (χ3v) is 6.47. The lowest BCUT2D eigenvalue weighted by Crippen LogP contribution is -2.39. The molecule has 0 saturated carbocycles. The van der Waals surface area contributed by atoms with Crippen molar-refractivity contribution in [3.63, 3.8) is 0 Å². The molecule has 9 heteroatoms. The van der Waals surface area contributed by atoms with Crippen LogP contribution in [0.1, 0.15) is 20.3 Å². The number of anilines is 1. The molecule has 2 aromatic rings. The third-order valence-electron chi connectivity index (χ3n) is 4.39. The first-order chi connectivity index (χ1) is 14.2. The van der Waals surface area contributed by atoms with Crippen molar-refractivity contribution in [1.82, 2.24) is 4.31 Å². The van der Waals surface area contributed by atoms with Crippen LogP contribution >= 0.6 is 11.6 Å². The lowest BCUT2D eigenvalue weighted by molar-refractivity contribution is -0.116. The number of sulfonamides is 1. The van der Waals surface area contributed by atoms with Gasteiger partial charge in [0.25, 0.3) is 0 Å². The second-order valence-corrected chi connectivity index (χ2v) is 9.47. The molecule has 2 rings (SSSR count). The largest absolute Gasteiger partial charge is 0.497 e. The molecule has 0 unspecified atom stereocenters. The molecule has 1 amide bonds. The van der Waals surface area contributed by atoms with E-state index in [1.165, 1.54) is 30.7 Å². The monoisotopic (exact) mass is 454 g/mol. The molecule has 7 nitrogen and oxygen atoms in total. The second-order valence-electron chi connectivity index (χ2n) is 7.09. The van der Waals surface area contributed by atoms with Crippen molar-refractivity contribution in [2.45, 2.75) is 25.2 Å². The van der Waals surface area contributed by atoms with Crippen molar-refractivity contribution in [3.05, 3.63) is 47.5 Å². The lowest BCUT2D eigenvalue weighted by atomic mass is 10.1. The molecule has 0 aliphatic rings. The van der Waals surface area contributed by atoms with Crippen LogP contribution in [-0.4, -0.2) is 45.9 Å². The first kappa shape index (κ1) is 24.0. The zero-order valence-electron chi connectivity index (χ0n) is 17.5. The molecule has 0 saturated heterocycles. The first-order valence-corrected chi connectivity index (χ1v) is 11.3. The van der Waals surface area contributed by atoms with E-state index in [-0.39, 0.29) is 23.9 Å². The van der Waals surface area contributed by atoms with Gasteiger partial charge in [0, 0.05) is 17.6 Å². The van der Waals surface area contributed by atoms with Crippen molar-refractivity contribution < 1.29 is 22.7 Å². The van der Waals surface area contributed by atoms with Gasteiger partial charge in [-0.05, 0) is 42.7 Å². The van der Waals surface area contributed by atoms with E-state index < -0.39 is 15.9 Å². The molecule has 30 heavy (non-hydrogen) atoms. The number of nitrogens with zero attached hydrogens (tertiary/aromatic N) is 1. The SMILES string of the molecule is COc1ccc(NC(=O)CN(CCC(C)C)S(=O)(=O)c2cccc(Cl)c2)c(OC)c1. The fourth-order valence-electron chi connectivity index (χ4n) is 2.71. The van der Waals surface area contributed by atoms with E-state index in [1.54, 1.807) is 30.3 Å². The summed E-state index contributed by atoms with van der Waals surface area (Å²) in [5, 5.41) is 3.03. The van der Waals surface area contributed by atoms with Crippen LogP contribution in [0.5, 0.6) is 11.5 Å². The van der Waals surface area contributed by atoms with E-state index in [4.69, 9.17) is 21.1 Å². The highest BCUT2D eigenvalue weighted by molar-refractivity contribution is 7.89. The van der Waals surface area contributed by atoms with Gasteiger partial charge in [0.15, 0.2) is 0 Å². The van der Waals surface area contributed by atoms with Crippen LogP contribution in [0, 0.1) is 5.92 Å². The van der Waals surface area contributed by atoms with Gasteiger partial charge in [-0.2, -0.15) is 4.31 Å². The maximum absolute atomic E-state index is 13.1. The molecule has 0 aliphatic carbocycles. The average molecular weight is 455 g/mol. The third kappa shape index (κ3) is 6.35. The van der Waals surface area contributed by atoms with Crippen molar-refractivity contribution >= 4 is 33.2 Å². The Morgan fingerprint density at radius 3 is 2.47 bits per heavy atom. The van der Waals surface area contributed by atoms with Gasteiger partial charge in [0.1, 0.15) is 11.5 Å². The predicted octanol–water partition coefficient (Wildman–Crippen LogP) is 4.03. The first-order valence-electron chi connectivity index (χ1n) is 9.45. The minimum Gasteiger partial charge on any atom is -0.497 e. The van der Waals surface area contributed by atoms with E-state index in [0.29, 0.717) is 28.6 Å². The molecule has 0 fully saturated rings. The number of nitrogens with one attached hydrogen (secondary N) is 1. The molecule has 0 aliphatic heterocycles. The van der Waals surface area contributed by atoms with Crippen molar-refractivity contribution in [2.24, 2.45) is 5.92 Å². The number of methoxy groups -OCH3 is 2. The highest BCUT2D eigenvalue weighted by atomic mass is 35.5. The minimum atomic E-state index is -3.90. The summed E-state index contributed by atoms with van der Waals surface area (Å²) in [5.41, 5.74) is 0.423. The van der Waals surface area contributed by atoms with Crippen LogP contribution < -0.4 is 14.8 Å². The summed E-state index contributed by atoms with van der Waals surface area (Å²) in [7, 11) is -0.893. The van der Waals surface area contributed by atoms with Gasteiger partial charge in [-0.3, -0.25) is 4.79 Å². The molecule has 1 N–H and O–H groups in total. The van der Waals surface area contributed by atoms with Gasteiger partial charge >= 0.3 is 0 Å². The molecule has 2 aromatic carbocycles. The van der Waals surface area contributed by atoms with Gasteiger partial charge in [0.05, 0.1) is 31.3 Å². The van der Waals surface area contributed by atoms with Crippen molar-refractivity contribution in [2.75, 3.05) is 32.6 Å². The summed E-state index contributed by atoms with van der Waals surface area (Å²) in [6.45, 7) is 3.86. The number of ether oxygens (including phenoxy) is 2. The fraction of sp³-hybridized carbons (Fsp3) is 0.381. The summed E-state index contributed by atoms with van der Waals surface area (Å²) in [6, 6.07) is 11.0. The molecular weight excluding hydrogens is 428 g/mol. The minimum absolute atomic E-state index is 0.0496. The molecular formula is C21H27ClN2O5S. The number of amides is 1. The van der Waals surface area contributed by atoms with E-state index in [9.17, 15) is 13.2 Å². The summed E-state index contributed by atoms with van der Waals surface area (Å²) < 4.78 is 37.9. The Balaban J connectivity index is 2.25. The average Bonchev–Trinajstić information content (AvgIpc) is 2.71. The Morgan fingerprint density at radius 1 is 1.13 bits per heavy atom. The number of benzene rings is 2. The zero-order chi connectivity index (χ0) is 22.3. The normalized spacial score (nSPS) is 11.6. The summed E-state index contributed by atoms with van der Waals surface area (Å²) in [5.74, 6) is 0.778. The van der Waals surface area contributed by atoms with Crippen LogP contribution in [0.15, 0.2) is 47.4 Å². The standard InChI is InChI=1S/C21H27ClN2O5S/c1-15(2)10-11-24(30(26,27)18-7-5-6-16(22)12-18)14-21(25)23-19-9-8-17(28-3)13-20(19)29-4/h5-9,12-13,15H,10-11,14H2,1-4H3,(H,23,25). The van der Waals surface area contributed by atoms with Crippen LogP contribution in [0.3, 0.4) is 0 Å². The number of halogens is 1. The Kier molecular flexibility index (Phi) is 8.52. The molecule has 164 valence electrons. The Bertz CT molecular complexity index is 979. The van der Waals surface area contributed by atoms with Gasteiger partial charge in [0.2, 0.25) is 15.9 Å². The Morgan fingerprint density at radius 2 is 1.87 bits per heavy atom. The Hall–Kier alpha value is -2.29. The Labute approximate surface area is 183 Å². The van der Waals surface area contributed by atoms with Crippen LogP contribution in [0.2, 0.25) is 5.02 Å².